The molecule has 0 aliphatic heterocycles. The molecule has 2 N–H and O–H groups in total. The second-order valence-electron chi connectivity index (χ2n) is 5.99. The Balaban J connectivity index is 2.40. The number of aromatic carboxylic acids is 1. The van der Waals surface area contributed by atoms with Crippen LogP contribution in [0.2, 0.25) is 5.02 Å². The maximum absolute atomic E-state index is 12.6. The van der Waals surface area contributed by atoms with Gasteiger partial charge in [-0.1, -0.05) is 31.5 Å². The SMILES string of the molecule is CCCN(CCC)c1ccc(C(=O)O)cc1NC(=O)c1cccc(Cl)c1. The molecule has 1 amide bonds. The monoisotopic (exact) mass is 374 g/mol. The molecular formula is C20H23ClN2O3. The van der Waals surface area contributed by atoms with E-state index < -0.39 is 5.97 Å². The molecule has 0 saturated carbocycles. The highest BCUT2D eigenvalue weighted by Crippen LogP contribution is 2.29. The molecule has 0 aliphatic carbocycles. The molecule has 5 nitrogen and oxygen atoms in total. The number of carboxylic acid groups (broad SMARTS) is 1. The molecule has 0 heterocycles. The lowest BCUT2D eigenvalue weighted by atomic mass is 10.1. The quantitative estimate of drug-likeness (QED) is 0.688. The first-order chi connectivity index (χ1) is 12.5. The molecule has 0 aliphatic rings. The highest BCUT2D eigenvalue weighted by molar-refractivity contribution is 6.31. The summed E-state index contributed by atoms with van der Waals surface area (Å²) in [6, 6.07) is 11.4. The van der Waals surface area contributed by atoms with Gasteiger partial charge in [-0.25, -0.2) is 4.79 Å². The van der Waals surface area contributed by atoms with Crippen molar-refractivity contribution < 1.29 is 14.7 Å². The van der Waals surface area contributed by atoms with Crippen LogP contribution in [0.1, 0.15) is 47.4 Å². The molecule has 0 atom stereocenters. The predicted molar refractivity (Wildman–Crippen MR) is 106 cm³/mol. The molecular weight excluding hydrogens is 352 g/mol. The summed E-state index contributed by atoms with van der Waals surface area (Å²) in [5.41, 5.74) is 1.84. The van der Waals surface area contributed by atoms with Crippen molar-refractivity contribution in [1.82, 2.24) is 0 Å². The minimum Gasteiger partial charge on any atom is -0.478 e. The van der Waals surface area contributed by atoms with E-state index in [1.165, 1.54) is 6.07 Å². The van der Waals surface area contributed by atoms with Crippen LogP contribution in [0.25, 0.3) is 0 Å². The van der Waals surface area contributed by atoms with Crippen molar-refractivity contribution in [3.05, 3.63) is 58.6 Å². The smallest absolute Gasteiger partial charge is 0.335 e. The number of halogens is 1. The van der Waals surface area contributed by atoms with Crippen LogP contribution < -0.4 is 10.2 Å². The van der Waals surface area contributed by atoms with E-state index in [4.69, 9.17) is 11.6 Å². The summed E-state index contributed by atoms with van der Waals surface area (Å²) in [5.74, 6) is -1.36. The van der Waals surface area contributed by atoms with Crippen molar-refractivity contribution in [1.29, 1.82) is 0 Å². The number of hydrogen-bond acceptors (Lipinski definition) is 3. The van der Waals surface area contributed by atoms with Crippen molar-refractivity contribution in [2.24, 2.45) is 0 Å². The Hall–Kier alpha value is -2.53. The zero-order valence-corrected chi connectivity index (χ0v) is 15.7. The van der Waals surface area contributed by atoms with Gasteiger partial charge in [0.1, 0.15) is 0 Å². The average Bonchev–Trinajstić information content (AvgIpc) is 2.61. The third-order valence-corrected chi connectivity index (χ3v) is 4.14. The average molecular weight is 375 g/mol. The van der Waals surface area contributed by atoms with Crippen LogP contribution in [0.15, 0.2) is 42.5 Å². The molecule has 0 saturated heterocycles. The number of anilines is 2. The van der Waals surface area contributed by atoms with Gasteiger partial charge in [0.2, 0.25) is 0 Å². The summed E-state index contributed by atoms with van der Waals surface area (Å²) < 4.78 is 0. The van der Waals surface area contributed by atoms with Gasteiger partial charge in [-0.15, -0.1) is 0 Å². The van der Waals surface area contributed by atoms with Crippen LogP contribution in [-0.2, 0) is 0 Å². The fourth-order valence-corrected chi connectivity index (χ4v) is 2.95. The Morgan fingerprint density at radius 1 is 1.04 bits per heavy atom. The van der Waals surface area contributed by atoms with Crippen LogP contribution >= 0.6 is 11.6 Å². The number of benzene rings is 2. The largest absolute Gasteiger partial charge is 0.478 e. The number of carbonyl (C=O) groups is 2. The summed E-state index contributed by atoms with van der Waals surface area (Å²) in [5, 5.41) is 12.6. The predicted octanol–water partition coefficient (Wildman–Crippen LogP) is 4.92. The number of amides is 1. The number of nitrogens with one attached hydrogen (secondary N) is 1. The lowest BCUT2D eigenvalue weighted by Gasteiger charge is -2.26. The van der Waals surface area contributed by atoms with Crippen molar-refractivity contribution >= 4 is 34.9 Å². The van der Waals surface area contributed by atoms with E-state index in [1.54, 1.807) is 36.4 Å². The molecule has 6 heteroatoms. The number of carbonyl (C=O) groups excluding carboxylic acids is 1. The standard InChI is InChI=1S/C20H23ClN2O3/c1-3-10-23(11-4-2)18-9-8-15(20(25)26)13-17(18)22-19(24)14-6-5-7-16(21)12-14/h5-9,12-13H,3-4,10-11H2,1-2H3,(H,22,24)(H,25,26). The Kier molecular flexibility index (Phi) is 7.04. The molecule has 138 valence electrons. The van der Waals surface area contributed by atoms with Gasteiger partial charge in [0.05, 0.1) is 16.9 Å². The van der Waals surface area contributed by atoms with Crippen molar-refractivity contribution in [3.8, 4) is 0 Å². The molecule has 26 heavy (non-hydrogen) atoms. The number of nitrogens with zero attached hydrogens (tertiary/aromatic N) is 1. The van der Waals surface area contributed by atoms with Gasteiger partial charge in [0.25, 0.3) is 5.91 Å². The molecule has 0 bridgehead atoms. The van der Waals surface area contributed by atoms with Gasteiger partial charge in [0.15, 0.2) is 0 Å². The lowest BCUT2D eigenvalue weighted by Crippen LogP contribution is -2.26. The van der Waals surface area contributed by atoms with Gasteiger partial charge >= 0.3 is 5.97 Å². The molecule has 0 unspecified atom stereocenters. The summed E-state index contributed by atoms with van der Waals surface area (Å²) in [6.07, 6.45) is 1.89. The van der Waals surface area contributed by atoms with Crippen molar-refractivity contribution in [2.75, 3.05) is 23.3 Å². The highest BCUT2D eigenvalue weighted by Gasteiger charge is 2.16. The maximum Gasteiger partial charge on any atom is 0.335 e. The second kappa shape index (κ2) is 9.25. The molecule has 2 aromatic carbocycles. The van der Waals surface area contributed by atoms with Crippen LogP contribution in [-0.4, -0.2) is 30.1 Å². The molecule has 0 fully saturated rings. The highest BCUT2D eigenvalue weighted by atomic mass is 35.5. The first-order valence-corrected chi connectivity index (χ1v) is 9.03. The number of hydrogen-bond donors (Lipinski definition) is 2. The normalized spacial score (nSPS) is 10.4. The van der Waals surface area contributed by atoms with Gasteiger partial charge in [-0.2, -0.15) is 0 Å². The van der Waals surface area contributed by atoms with E-state index in [0.717, 1.165) is 31.6 Å². The summed E-state index contributed by atoms with van der Waals surface area (Å²) in [6.45, 7) is 5.80. The van der Waals surface area contributed by atoms with Crippen LogP contribution in [0.4, 0.5) is 11.4 Å². The zero-order chi connectivity index (χ0) is 19.1. The van der Waals surface area contributed by atoms with Crippen LogP contribution in [0, 0.1) is 0 Å². The molecule has 2 rings (SSSR count). The van der Waals surface area contributed by atoms with Gasteiger partial charge in [-0.05, 0) is 49.2 Å². The van der Waals surface area contributed by atoms with E-state index in [2.05, 4.69) is 24.1 Å². The first kappa shape index (κ1) is 19.8. The van der Waals surface area contributed by atoms with Crippen molar-refractivity contribution in [2.45, 2.75) is 26.7 Å². The van der Waals surface area contributed by atoms with Gasteiger partial charge in [0, 0.05) is 23.7 Å². The summed E-state index contributed by atoms with van der Waals surface area (Å²) in [4.78, 5) is 26.1. The van der Waals surface area contributed by atoms with Crippen molar-refractivity contribution in [3.63, 3.8) is 0 Å². The summed E-state index contributed by atoms with van der Waals surface area (Å²) >= 11 is 5.96. The number of rotatable bonds is 8. The van der Waals surface area contributed by atoms with Crippen LogP contribution in [0.3, 0.4) is 0 Å². The topological polar surface area (TPSA) is 69.6 Å². The Bertz CT molecular complexity index is 786. The molecule has 0 aromatic heterocycles. The van der Waals surface area contributed by atoms with E-state index in [-0.39, 0.29) is 11.5 Å². The Morgan fingerprint density at radius 3 is 2.31 bits per heavy atom. The zero-order valence-electron chi connectivity index (χ0n) is 15.0. The van der Waals surface area contributed by atoms with Gasteiger partial charge in [-0.3, -0.25) is 4.79 Å². The first-order valence-electron chi connectivity index (χ1n) is 8.65. The fourth-order valence-electron chi connectivity index (χ4n) is 2.76. The Morgan fingerprint density at radius 2 is 1.73 bits per heavy atom. The van der Waals surface area contributed by atoms with E-state index in [9.17, 15) is 14.7 Å². The van der Waals surface area contributed by atoms with E-state index in [1.807, 2.05) is 0 Å². The molecule has 0 radical (unpaired) electrons. The maximum atomic E-state index is 12.6. The molecule has 2 aromatic rings. The van der Waals surface area contributed by atoms with Crippen LogP contribution in [0.5, 0.6) is 0 Å². The van der Waals surface area contributed by atoms with Gasteiger partial charge < -0.3 is 15.3 Å². The third kappa shape index (κ3) is 4.99. The second-order valence-corrected chi connectivity index (χ2v) is 6.43. The molecule has 0 spiro atoms. The third-order valence-electron chi connectivity index (χ3n) is 3.91. The fraction of sp³-hybridized carbons (Fsp3) is 0.300. The minimum absolute atomic E-state index is 0.128. The summed E-state index contributed by atoms with van der Waals surface area (Å²) in [7, 11) is 0. The lowest BCUT2D eigenvalue weighted by molar-refractivity contribution is 0.0696. The van der Waals surface area contributed by atoms with E-state index in [0.29, 0.717) is 16.3 Å². The minimum atomic E-state index is -1.03. The van der Waals surface area contributed by atoms with E-state index >= 15 is 0 Å². The Labute approximate surface area is 158 Å². The number of carboxylic acids is 1.